The van der Waals surface area contributed by atoms with E-state index in [1.165, 1.54) is 38.9 Å². The number of benzene rings is 8. The van der Waals surface area contributed by atoms with E-state index in [0.29, 0.717) is 0 Å². The standard InChI is InChI=1S/C51H37NO/c1-51(2)46-27-11-8-22-41(46)45-33-35(30-31-47(45)51)38-20-6-7-21-40(38)42-23-9-12-28-48(42)52(36-17-4-3-5-18-36)37-19-14-16-34(32-37)39-25-15-26-44-43-24-10-13-29-49(43)53-50(39)44/h3-33H,1-2H3. The molecule has 8 aromatic carbocycles. The molecule has 0 amide bonds. The Labute approximate surface area is 310 Å². The summed E-state index contributed by atoms with van der Waals surface area (Å²) in [6.45, 7) is 4.68. The van der Waals surface area contributed by atoms with Crippen LogP contribution in [0.5, 0.6) is 0 Å². The van der Waals surface area contributed by atoms with Crippen LogP contribution >= 0.6 is 0 Å². The van der Waals surface area contributed by atoms with Crippen LogP contribution in [0.3, 0.4) is 0 Å². The van der Waals surface area contributed by atoms with E-state index in [-0.39, 0.29) is 5.41 Å². The van der Waals surface area contributed by atoms with Crippen molar-refractivity contribution < 1.29 is 4.42 Å². The van der Waals surface area contributed by atoms with Crippen molar-refractivity contribution in [3.8, 4) is 44.5 Å². The van der Waals surface area contributed by atoms with Crippen molar-refractivity contribution in [2.45, 2.75) is 19.3 Å². The molecule has 0 aliphatic heterocycles. The third kappa shape index (κ3) is 5.02. The Balaban J connectivity index is 1.13. The molecule has 1 aliphatic rings. The van der Waals surface area contributed by atoms with Gasteiger partial charge in [-0.05, 0) is 87.0 Å². The third-order valence-electron chi connectivity index (χ3n) is 11.1. The molecule has 0 unspecified atom stereocenters. The second-order valence-electron chi connectivity index (χ2n) is 14.5. The summed E-state index contributed by atoms with van der Waals surface area (Å²) < 4.78 is 6.48. The van der Waals surface area contributed by atoms with Gasteiger partial charge in [0.1, 0.15) is 11.2 Å². The van der Waals surface area contributed by atoms with Crippen LogP contribution in [0.15, 0.2) is 192 Å². The van der Waals surface area contributed by atoms with Gasteiger partial charge in [0.2, 0.25) is 0 Å². The molecule has 0 N–H and O–H groups in total. The summed E-state index contributed by atoms with van der Waals surface area (Å²) in [6, 6.07) is 67.8. The molecule has 0 radical (unpaired) electrons. The van der Waals surface area contributed by atoms with Gasteiger partial charge in [-0.2, -0.15) is 0 Å². The van der Waals surface area contributed by atoms with Crippen molar-refractivity contribution in [1.82, 2.24) is 0 Å². The van der Waals surface area contributed by atoms with E-state index < -0.39 is 0 Å². The van der Waals surface area contributed by atoms with Gasteiger partial charge < -0.3 is 9.32 Å². The van der Waals surface area contributed by atoms with Gasteiger partial charge >= 0.3 is 0 Å². The maximum atomic E-state index is 6.48. The first-order valence-electron chi connectivity index (χ1n) is 18.4. The maximum Gasteiger partial charge on any atom is 0.143 e. The zero-order chi connectivity index (χ0) is 35.5. The van der Waals surface area contributed by atoms with Crippen LogP contribution in [0.2, 0.25) is 0 Å². The number of hydrogen-bond donors (Lipinski definition) is 0. The molecular formula is C51H37NO. The highest BCUT2D eigenvalue weighted by Gasteiger charge is 2.35. The number of furan rings is 1. The Kier molecular flexibility index (Phi) is 7.19. The van der Waals surface area contributed by atoms with E-state index in [2.05, 4.69) is 195 Å². The first-order valence-corrected chi connectivity index (χ1v) is 18.4. The van der Waals surface area contributed by atoms with Crippen molar-refractivity contribution in [1.29, 1.82) is 0 Å². The van der Waals surface area contributed by atoms with Crippen molar-refractivity contribution >= 4 is 39.0 Å². The van der Waals surface area contributed by atoms with Crippen molar-refractivity contribution in [2.75, 3.05) is 4.90 Å². The maximum absolute atomic E-state index is 6.48. The fraction of sp³-hybridized carbons (Fsp3) is 0.0588. The van der Waals surface area contributed by atoms with E-state index in [0.717, 1.165) is 55.7 Å². The quantitative estimate of drug-likeness (QED) is 0.174. The van der Waals surface area contributed by atoms with Crippen LogP contribution in [0.25, 0.3) is 66.4 Å². The Morgan fingerprint density at radius 1 is 0.396 bits per heavy atom. The number of nitrogens with zero attached hydrogens (tertiary/aromatic N) is 1. The van der Waals surface area contributed by atoms with Crippen LogP contribution in [0.4, 0.5) is 17.1 Å². The molecule has 0 fully saturated rings. The Hall–Kier alpha value is -6.64. The first-order chi connectivity index (χ1) is 26.1. The molecule has 1 aliphatic carbocycles. The van der Waals surface area contributed by atoms with Gasteiger partial charge in [0, 0.05) is 38.7 Å². The SMILES string of the molecule is CC1(C)c2ccccc2-c2cc(-c3ccccc3-c3ccccc3N(c3ccccc3)c3cccc(-c4cccc5c4oc4ccccc45)c3)ccc21. The number of anilines is 3. The highest BCUT2D eigenvalue weighted by atomic mass is 16.3. The summed E-state index contributed by atoms with van der Waals surface area (Å²) in [5.74, 6) is 0. The van der Waals surface area contributed by atoms with Crippen LogP contribution < -0.4 is 4.90 Å². The lowest BCUT2D eigenvalue weighted by molar-refractivity contribution is 0.660. The third-order valence-corrected chi connectivity index (χ3v) is 11.1. The Bertz CT molecular complexity index is 2820. The van der Waals surface area contributed by atoms with E-state index >= 15 is 0 Å². The smallest absolute Gasteiger partial charge is 0.143 e. The van der Waals surface area contributed by atoms with Gasteiger partial charge in [0.05, 0.1) is 5.69 Å². The summed E-state index contributed by atoms with van der Waals surface area (Å²) in [5.41, 5.74) is 17.5. The summed E-state index contributed by atoms with van der Waals surface area (Å²) in [7, 11) is 0. The lowest BCUT2D eigenvalue weighted by atomic mass is 9.82. The van der Waals surface area contributed by atoms with Crippen LogP contribution in [0.1, 0.15) is 25.0 Å². The second kappa shape index (κ2) is 12.3. The topological polar surface area (TPSA) is 16.4 Å². The average molecular weight is 680 g/mol. The largest absolute Gasteiger partial charge is 0.455 e. The fourth-order valence-electron chi connectivity index (χ4n) is 8.55. The lowest BCUT2D eigenvalue weighted by Gasteiger charge is -2.29. The molecule has 0 bridgehead atoms. The highest BCUT2D eigenvalue weighted by molar-refractivity contribution is 6.09. The van der Waals surface area contributed by atoms with Crippen molar-refractivity contribution in [3.05, 3.63) is 199 Å². The molecule has 2 nitrogen and oxygen atoms in total. The zero-order valence-electron chi connectivity index (χ0n) is 29.8. The van der Waals surface area contributed by atoms with Gasteiger partial charge in [-0.15, -0.1) is 0 Å². The molecule has 10 rings (SSSR count). The van der Waals surface area contributed by atoms with E-state index in [4.69, 9.17) is 4.42 Å². The van der Waals surface area contributed by atoms with Crippen LogP contribution in [-0.2, 0) is 5.41 Å². The van der Waals surface area contributed by atoms with Gasteiger partial charge in [-0.1, -0.05) is 159 Å². The molecule has 9 aromatic rings. The summed E-state index contributed by atoms with van der Waals surface area (Å²) >= 11 is 0. The summed E-state index contributed by atoms with van der Waals surface area (Å²) in [4.78, 5) is 2.38. The fourth-order valence-corrected chi connectivity index (χ4v) is 8.55. The zero-order valence-corrected chi connectivity index (χ0v) is 29.8. The molecular weight excluding hydrogens is 643 g/mol. The van der Waals surface area contributed by atoms with Gasteiger partial charge in [-0.25, -0.2) is 0 Å². The van der Waals surface area contributed by atoms with E-state index in [1.807, 2.05) is 12.1 Å². The van der Waals surface area contributed by atoms with Crippen LogP contribution in [0, 0.1) is 0 Å². The van der Waals surface area contributed by atoms with Gasteiger partial charge in [0.25, 0.3) is 0 Å². The minimum atomic E-state index is -0.0305. The second-order valence-corrected chi connectivity index (χ2v) is 14.5. The monoisotopic (exact) mass is 679 g/mol. The lowest BCUT2D eigenvalue weighted by Crippen LogP contribution is -2.14. The average Bonchev–Trinajstić information content (AvgIpc) is 3.71. The minimum Gasteiger partial charge on any atom is -0.455 e. The molecule has 0 spiro atoms. The van der Waals surface area contributed by atoms with E-state index in [1.54, 1.807) is 0 Å². The molecule has 0 saturated carbocycles. The Morgan fingerprint density at radius 3 is 1.87 bits per heavy atom. The predicted molar refractivity (Wildman–Crippen MR) is 222 cm³/mol. The van der Waals surface area contributed by atoms with Crippen molar-refractivity contribution in [2.24, 2.45) is 0 Å². The number of rotatable bonds is 6. The van der Waals surface area contributed by atoms with Gasteiger partial charge in [-0.3, -0.25) is 0 Å². The Morgan fingerprint density at radius 2 is 1.00 bits per heavy atom. The van der Waals surface area contributed by atoms with E-state index in [9.17, 15) is 0 Å². The summed E-state index contributed by atoms with van der Waals surface area (Å²) in [5, 5.41) is 2.26. The molecule has 0 atom stereocenters. The molecule has 1 heterocycles. The molecule has 2 heteroatoms. The molecule has 252 valence electrons. The number of hydrogen-bond acceptors (Lipinski definition) is 2. The van der Waals surface area contributed by atoms with Crippen LogP contribution in [-0.4, -0.2) is 0 Å². The highest BCUT2D eigenvalue weighted by Crippen LogP contribution is 2.51. The minimum absolute atomic E-state index is 0.0305. The predicted octanol–water partition coefficient (Wildman–Crippen LogP) is 14.4. The first kappa shape index (κ1) is 31.1. The summed E-state index contributed by atoms with van der Waals surface area (Å²) in [6.07, 6.45) is 0. The number of fused-ring (bicyclic) bond motifs is 6. The normalized spacial score (nSPS) is 12.9. The number of para-hydroxylation sites is 4. The van der Waals surface area contributed by atoms with Gasteiger partial charge in [0.15, 0.2) is 0 Å². The molecule has 0 saturated heterocycles. The van der Waals surface area contributed by atoms with Crippen molar-refractivity contribution in [3.63, 3.8) is 0 Å². The molecule has 1 aromatic heterocycles. The molecule has 53 heavy (non-hydrogen) atoms.